The predicted molar refractivity (Wildman–Crippen MR) is 88.8 cm³/mol. The van der Waals surface area contributed by atoms with E-state index in [1.54, 1.807) is 12.1 Å². The Hall–Kier alpha value is -0.630. The van der Waals surface area contributed by atoms with Gasteiger partial charge in [-0.2, -0.15) is 0 Å². The zero-order chi connectivity index (χ0) is 15.8. The highest BCUT2D eigenvalue weighted by molar-refractivity contribution is 9.10. The molecule has 0 saturated carbocycles. The molecule has 0 radical (unpaired) electrons. The lowest BCUT2D eigenvalue weighted by molar-refractivity contribution is 0.589. The summed E-state index contributed by atoms with van der Waals surface area (Å²) < 4.78 is 41.1. The number of hydrogen-bond donors (Lipinski definition) is 0. The first-order valence-electron chi connectivity index (χ1n) is 5.62. The Morgan fingerprint density at radius 2 is 1.67 bits per heavy atom. The van der Waals surface area contributed by atoms with E-state index in [0.29, 0.717) is 8.95 Å². The van der Waals surface area contributed by atoms with E-state index in [4.69, 9.17) is 11.6 Å². The fraction of sp³-hybridized carbons (Fsp3) is 0.0769. The molecular formula is C13H9Br2ClFNO2S. The Bertz CT molecular complexity index is 799. The quantitative estimate of drug-likeness (QED) is 0.662. The van der Waals surface area contributed by atoms with Gasteiger partial charge in [-0.05, 0) is 36.4 Å². The molecule has 0 aliphatic rings. The van der Waals surface area contributed by atoms with Gasteiger partial charge in [-0.3, -0.25) is 4.31 Å². The van der Waals surface area contributed by atoms with Crippen LogP contribution in [0.3, 0.4) is 0 Å². The molecule has 0 unspecified atom stereocenters. The minimum atomic E-state index is -3.95. The van der Waals surface area contributed by atoms with Crippen molar-refractivity contribution in [2.24, 2.45) is 0 Å². The first-order chi connectivity index (χ1) is 9.73. The number of hydrogen-bond acceptors (Lipinski definition) is 2. The molecule has 2 aromatic carbocycles. The van der Waals surface area contributed by atoms with Gasteiger partial charge in [0.1, 0.15) is 10.7 Å². The SMILES string of the molecule is CN(c1ccc(Br)cc1F)S(=O)(=O)c1ccc(Br)cc1Cl. The molecule has 112 valence electrons. The zero-order valence-electron chi connectivity index (χ0n) is 10.6. The molecule has 2 aromatic rings. The van der Waals surface area contributed by atoms with Crippen LogP contribution in [0.2, 0.25) is 5.02 Å². The smallest absolute Gasteiger partial charge is 0.265 e. The van der Waals surface area contributed by atoms with Crippen molar-refractivity contribution in [2.45, 2.75) is 4.90 Å². The number of nitrogens with zero attached hydrogens (tertiary/aromatic N) is 1. The minimum Gasteiger partial charge on any atom is -0.266 e. The number of anilines is 1. The monoisotopic (exact) mass is 455 g/mol. The lowest BCUT2D eigenvalue weighted by atomic mass is 10.3. The molecule has 0 N–H and O–H groups in total. The Morgan fingerprint density at radius 3 is 2.24 bits per heavy atom. The Labute approximate surface area is 144 Å². The molecule has 0 saturated heterocycles. The second-order valence-corrected chi connectivity index (χ2v) is 8.32. The van der Waals surface area contributed by atoms with Crippen molar-refractivity contribution in [3.8, 4) is 0 Å². The fourth-order valence-electron chi connectivity index (χ4n) is 1.70. The number of halogens is 4. The van der Waals surface area contributed by atoms with Crippen LogP contribution in [0.5, 0.6) is 0 Å². The molecule has 8 heteroatoms. The van der Waals surface area contributed by atoms with Gasteiger partial charge in [0.25, 0.3) is 10.0 Å². The van der Waals surface area contributed by atoms with Crippen molar-refractivity contribution < 1.29 is 12.8 Å². The maximum absolute atomic E-state index is 13.9. The average molecular weight is 458 g/mol. The Morgan fingerprint density at radius 1 is 1.10 bits per heavy atom. The van der Waals surface area contributed by atoms with E-state index in [2.05, 4.69) is 31.9 Å². The van der Waals surface area contributed by atoms with E-state index in [0.717, 1.165) is 4.31 Å². The van der Waals surface area contributed by atoms with Gasteiger partial charge in [-0.1, -0.05) is 43.5 Å². The summed E-state index contributed by atoms with van der Waals surface area (Å²) >= 11 is 12.3. The summed E-state index contributed by atoms with van der Waals surface area (Å²) in [6.45, 7) is 0. The van der Waals surface area contributed by atoms with Crippen molar-refractivity contribution in [3.05, 3.63) is 56.2 Å². The van der Waals surface area contributed by atoms with Crippen LogP contribution in [0.1, 0.15) is 0 Å². The third kappa shape index (κ3) is 3.41. The number of sulfonamides is 1. The Kier molecular flexibility index (Phi) is 4.97. The van der Waals surface area contributed by atoms with Crippen molar-refractivity contribution in [1.29, 1.82) is 0 Å². The van der Waals surface area contributed by atoms with Gasteiger partial charge in [0.05, 0.1) is 10.7 Å². The van der Waals surface area contributed by atoms with Crippen LogP contribution in [0.4, 0.5) is 10.1 Å². The molecule has 3 nitrogen and oxygen atoms in total. The van der Waals surface area contributed by atoms with E-state index in [-0.39, 0.29) is 15.6 Å². The summed E-state index contributed by atoms with van der Waals surface area (Å²) in [5.74, 6) is -0.649. The van der Waals surface area contributed by atoms with Crippen molar-refractivity contribution in [2.75, 3.05) is 11.4 Å². The molecule has 2 rings (SSSR count). The molecule has 0 heterocycles. The molecule has 0 bridgehead atoms. The lowest BCUT2D eigenvalue weighted by Crippen LogP contribution is -2.27. The molecule has 0 atom stereocenters. The van der Waals surface area contributed by atoms with Gasteiger partial charge in [0, 0.05) is 16.0 Å². The number of benzene rings is 2. The third-order valence-electron chi connectivity index (χ3n) is 2.78. The summed E-state index contributed by atoms with van der Waals surface area (Å²) in [6, 6.07) is 8.54. The lowest BCUT2D eigenvalue weighted by Gasteiger charge is -2.21. The van der Waals surface area contributed by atoms with Gasteiger partial charge in [-0.25, -0.2) is 12.8 Å². The molecule has 21 heavy (non-hydrogen) atoms. The van der Waals surface area contributed by atoms with Crippen LogP contribution in [-0.4, -0.2) is 15.5 Å². The van der Waals surface area contributed by atoms with Crippen molar-refractivity contribution >= 4 is 59.2 Å². The molecule has 0 aliphatic heterocycles. The van der Waals surface area contributed by atoms with Gasteiger partial charge in [0.2, 0.25) is 0 Å². The predicted octanol–water partition coefficient (Wildman–Crippen LogP) is 4.83. The van der Waals surface area contributed by atoms with Crippen molar-refractivity contribution in [1.82, 2.24) is 0 Å². The van der Waals surface area contributed by atoms with Crippen LogP contribution in [0, 0.1) is 5.82 Å². The maximum atomic E-state index is 13.9. The first-order valence-corrected chi connectivity index (χ1v) is 9.03. The van der Waals surface area contributed by atoms with Crippen LogP contribution in [0.25, 0.3) is 0 Å². The van der Waals surface area contributed by atoms with Gasteiger partial charge >= 0.3 is 0 Å². The van der Waals surface area contributed by atoms with Crippen LogP contribution < -0.4 is 4.31 Å². The molecule has 0 fully saturated rings. The minimum absolute atomic E-state index is 0.0582. The highest BCUT2D eigenvalue weighted by atomic mass is 79.9. The second-order valence-electron chi connectivity index (χ2n) is 4.14. The van der Waals surface area contributed by atoms with E-state index in [1.807, 2.05) is 0 Å². The average Bonchev–Trinajstić information content (AvgIpc) is 2.37. The van der Waals surface area contributed by atoms with E-state index < -0.39 is 15.8 Å². The van der Waals surface area contributed by atoms with Crippen LogP contribution >= 0.6 is 43.5 Å². The summed E-state index contributed by atoms with van der Waals surface area (Å²) in [4.78, 5) is -0.0859. The highest BCUT2D eigenvalue weighted by Gasteiger charge is 2.26. The van der Waals surface area contributed by atoms with Gasteiger partial charge in [0.15, 0.2) is 0 Å². The standard InChI is InChI=1S/C13H9Br2ClFNO2S/c1-18(12-4-2-9(15)7-11(12)17)21(19,20)13-5-3-8(14)6-10(13)16/h2-7H,1H3. The summed E-state index contributed by atoms with van der Waals surface area (Å²) in [7, 11) is -2.67. The fourth-order valence-corrected chi connectivity index (χ4v) is 4.24. The molecule has 0 amide bonds. The summed E-state index contributed by atoms with van der Waals surface area (Å²) in [5.41, 5.74) is -0.0582. The molecule has 0 aliphatic carbocycles. The van der Waals surface area contributed by atoms with E-state index in [9.17, 15) is 12.8 Å². The number of rotatable bonds is 3. The highest BCUT2D eigenvalue weighted by Crippen LogP contribution is 2.31. The van der Waals surface area contributed by atoms with Gasteiger partial charge < -0.3 is 0 Å². The van der Waals surface area contributed by atoms with Crippen LogP contribution in [-0.2, 0) is 10.0 Å². The first kappa shape index (κ1) is 16.7. The van der Waals surface area contributed by atoms with Crippen molar-refractivity contribution in [3.63, 3.8) is 0 Å². The van der Waals surface area contributed by atoms with E-state index >= 15 is 0 Å². The second kappa shape index (κ2) is 6.24. The topological polar surface area (TPSA) is 37.4 Å². The third-order valence-corrected chi connectivity index (χ3v) is 6.02. The Balaban J connectivity index is 2.52. The largest absolute Gasteiger partial charge is 0.266 e. The molecular weight excluding hydrogens is 448 g/mol. The van der Waals surface area contributed by atoms with E-state index in [1.165, 1.54) is 31.3 Å². The summed E-state index contributed by atoms with van der Waals surface area (Å²) in [5, 5.41) is 0.0637. The maximum Gasteiger partial charge on any atom is 0.265 e. The molecule has 0 spiro atoms. The normalized spacial score (nSPS) is 11.5. The molecule has 0 aromatic heterocycles. The van der Waals surface area contributed by atoms with Crippen LogP contribution in [0.15, 0.2) is 50.2 Å². The van der Waals surface area contributed by atoms with Gasteiger partial charge in [-0.15, -0.1) is 0 Å². The summed E-state index contributed by atoms with van der Waals surface area (Å²) in [6.07, 6.45) is 0. The zero-order valence-corrected chi connectivity index (χ0v) is 15.4.